The van der Waals surface area contributed by atoms with E-state index in [2.05, 4.69) is 5.32 Å². The zero-order chi connectivity index (χ0) is 12.1. The molecule has 1 fully saturated rings. The molecule has 2 rings (SSSR count). The van der Waals surface area contributed by atoms with E-state index >= 15 is 0 Å². The van der Waals surface area contributed by atoms with Crippen LogP contribution in [0.1, 0.15) is 24.0 Å². The van der Waals surface area contributed by atoms with Crippen molar-refractivity contribution in [3.8, 4) is 0 Å². The molecule has 1 aliphatic heterocycles. The molecular weight excluding hydrogens is 216 g/mol. The number of hydrogen-bond donors (Lipinski definition) is 2. The lowest BCUT2D eigenvalue weighted by atomic mass is 10.1. The van der Waals surface area contributed by atoms with Gasteiger partial charge in [-0.25, -0.2) is 0 Å². The van der Waals surface area contributed by atoms with Crippen LogP contribution >= 0.6 is 0 Å². The van der Waals surface area contributed by atoms with Crippen LogP contribution in [0.15, 0.2) is 24.3 Å². The Balaban J connectivity index is 1.90. The van der Waals surface area contributed by atoms with E-state index in [-0.39, 0.29) is 12.0 Å². The lowest BCUT2D eigenvalue weighted by Crippen LogP contribution is -2.33. The first kappa shape index (κ1) is 12.1. The van der Waals surface area contributed by atoms with Gasteiger partial charge in [0.2, 0.25) is 5.91 Å². The second-order valence-corrected chi connectivity index (χ2v) is 4.19. The third kappa shape index (κ3) is 3.05. The lowest BCUT2D eigenvalue weighted by molar-refractivity contribution is -0.130. The number of carbonyl (C=O) groups excluding carboxylic acids is 1. The van der Waals surface area contributed by atoms with Gasteiger partial charge in [-0.3, -0.25) is 4.79 Å². The molecule has 0 aliphatic carbocycles. The van der Waals surface area contributed by atoms with Crippen molar-refractivity contribution >= 4 is 5.91 Å². The summed E-state index contributed by atoms with van der Waals surface area (Å²) in [5, 5.41) is 2.90. The van der Waals surface area contributed by atoms with E-state index in [1.807, 2.05) is 24.3 Å². The van der Waals surface area contributed by atoms with Gasteiger partial charge in [0.25, 0.3) is 0 Å². The Morgan fingerprint density at radius 1 is 1.41 bits per heavy atom. The molecule has 0 radical (unpaired) electrons. The fourth-order valence-corrected chi connectivity index (χ4v) is 2.01. The largest absolute Gasteiger partial charge is 0.368 e. The summed E-state index contributed by atoms with van der Waals surface area (Å²) < 4.78 is 5.32. The van der Waals surface area contributed by atoms with Crippen LogP contribution in [-0.4, -0.2) is 18.6 Å². The van der Waals surface area contributed by atoms with Crippen LogP contribution < -0.4 is 11.1 Å². The number of ether oxygens (including phenoxy) is 1. The summed E-state index contributed by atoms with van der Waals surface area (Å²) in [6, 6.07) is 7.87. The minimum atomic E-state index is -0.264. The summed E-state index contributed by atoms with van der Waals surface area (Å²) in [7, 11) is 0. The van der Waals surface area contributed by atoms with Crippen molar-refractivity contribution in [2.45, 2.75) is 32.0 Å². The Kier molecular flexibility index (Phi) is 4.12. The minimum Gasteiger partial charge on any atom is -0.368 e. The molecule has 1 saturated heterocycles. The average molecular weight is 234 g/mol. The summed E-state index contributed by atoms with van der Waals surface area (Å²) in [5.41, 5.74) is 7.78. The summed E-state index contributed by atoms with van der Waals surface area (Å²) >= 11 is 0. The van der Waals surface area contributed by atoms with Gasteiger partial charge in [0.05, 0.1) is 0 Å². The molecule has 1 aromatic rings. The summed E-state index contributed by atoms with van der Waals surface area (Å²) in [5.74, 6) is -0.0191. The smallest absolute Gasteiger partial charge is 0.249 e. The van der Waals surface area contributed by atoms with Crippen LogP contribution in [-0.2, 0) is 22.6 Å². The van der Waals surface area contributed by atoms with Crippen LogP contribution in [0.4, 0.5) is 0 Å². The van der Waals surface area contributed by atoms with Gasteiger partial charge in [0.15, 0.2) is 0 Å². The third-order valence-electron chi connectivity index (χ3n) is 3.01. The Labute approximate surface area is 101 Å². The van der Waals surface area contributed by atoms with Gasteiger partial charge in [0.1, 0.15) is 6.10 Å². The molecule has 1 aromatic carbocycles. The van der Waals surface area contributed by atoms with E-state index in [0.717, 1.165) is 24.0 Å². The van der Waals surface area contributed by atoms with E-state index in [0.29, 0.717) is 19.7 Å². The van der Waals surface area contributed by atoms with Gasteiger partial charge in [0, 0.05) is 19.7 Å². The number of nitrogens with one attached hydrogen (secondary N) is 1. The van der Waals surface area contributed by atoms with Crippen molar-refractivity contribution in [2.24, 2.45) is 5.73 Å². The van der Waals surface area contributed by atoms with Gasteiger partial charge in [-0.1, -0.05) is 24.3 Å². The lowest BCUT2D eigenvalue weighted by Gasteiger charge is -2.12. The van der Waals surface area contributed by atoms with Gasteiger partial charge in [-0.2, -0.15) is 0 Å². The predicted octanol–water partition coefficient (Wildman–Crippen LogP) is 0.940. The van der Waals surface area contributed by atoms with Crippen LogP contribution in [0.25, 0.3) is 0 Å². The molecule has 1 heterocycles. The maximum atomic E-state index is 11.8. The van der Waals surface area contributed by atoms with E-state index < -0.39 is 0 Å². The second kappa shape index (κ2) is 5.80. The Morgan fingerprint density at radius 3 is 2.82 bits per heavy atom. The van der Waals surface area contributed by atoms with Crippen LogP contribution in [0.5, 0.6) is 0 Å². The van der Waals surface area contributed by atoms with E-state index in [9.17, 15) is 4.79 Å². The molecular formula is C13H18N2O2. The fourth-order valence-electron chi connectivity index (χ4n) is 2.01. The Morgan fingerprint density at radius 2 is 2.18 bits per heavy atom. The molecule has 0 saturated carbocycles. The maximum Gasteiger partial charge on any atom is 0.249 e. The van der Waals surface area contributed by atoms with Gasteiger partial charge in [-0.15, -0.1) is 0 Å². The predicted molar refractivity (Wildman–Crippen MR) is 65.2 cm³/mol. The van der Waals surface area contributed by atoms with Crippen LogP contribution in [0.3, 0.4) is 0 Å². The molecule has 0 spiro atoms. The first-order valence-corrected chi connectivity index (χ1v) is 5.97. The molecule has 17 heavy (non-hydrogen) atoms. The molecule has 1 amide bonds. The van der Waals surface area contributed by atoms with Crippen molar-refractivity contribution in [1.82, 2.24) is 5.32 Å². The zero-order valence-corrected chi connectivity index (χ0v) is 9.82. The number of rotatable bonds is 4. The van der Waals surface area contributed by atoms with Gasteiger partial charge < -0.3 is 15.8 Å². The highest BCUT2D eigenvalue weighted by molar-refractivity contribution is 5.80. The summed E-state index contributed by atoms with van der Waals surface area (Å²) in [4.78, 5) is 11.8. The average Bonchev–Trinajstić information content (AvgIpc) is 2.90. The van der Waals surface area contributed by atoms with E-state index in [1.165, 1.54) is 0 Å². The van der Waals surface area contributed by atoms with Crippen molar-refractivity contribution in [1.29, 1.82) is 0 Å². The first-order chi connectivity index (χ1) is 8.31. The van der Waals surface area contributed by atoms with Crippen molar-refractivity contribution in [3.05, 3.63) is 35.4 Å². The third-order valence-corrected chi connectivity index (χ3v) is 3.01. The molecule has 0 unspecified atom stereocenters. The molecule has 92 valence electrons. The normalized spacial score (nSPS) is 19.2. The molecule has 0 bridgehead atoms. The van der Waals surface area contributed by atoms with Crippen LogP contribution in [0, 0.1) is 0 Å². The number of nitrogens with two attached hydrogens (primary N) is 1. The van der Waals surface area contributed by atoms with Gasteiger partial charge in [-0.05, 0) is 24.0 Å². The number of benzene rings is 1. The summed E-state index contributed by atoms with van der Waals surface area (Å²) in [6.45, 7) is 1.70. The topological polar surface area (TPSA) is 64.3 Å². The second-order valence-electron chi connectivity index (χ2n) is 4.19. The van der Waals surface area contributed by atoms with Crippen LogP contribution in [0.2, 0.25) is 0 Å². The monoisotopic (exact) mass is 234 g/mol. The number of amides is 1. The van der Waals surface area contributed by atoms with Crippen molar-refractivity contribution in [3.63, 3.8) is 0 Å². The van der Waals surface area contributed by atoms with Crippen molar-refractivity contribution < 1.29 is 9.53 Å². The molecule has 3 N–H and O–H groups in total. The zero-order valence-electron chi connectivity index (χ0n) is 9.82. The molecule has 4 heteroatoms. The molecule has 4 nitrogen and oxygen atoms in total. The quantitative estimate of drug-likeness (QED) is 0.815. The van der Waals surface area contributed by atoms with E-state index in [1.54, 1.807) is 0 Å². The molecule has 0 aromatic heterocycles. The Hall–Kier alpha value is -1.39. The Bertz CT molecular complexity index is 387. The highest BCUT2D eigenvalue weighted by Crippen LogP contribution is 2.12. The fraction of sp³-hybridized carbons (Fsp3) is 0.462. The van der Waals surface area contributed by atoms with Crippen molar-refractivity contribution in [2.75, 3.05) is 6.61 Å². The first-order valence-electron chi connectivity index (χ1n) is 5.97. The highest BCUT2D eigenvalue weighted by Gasteiger charge is 2.23. The highest BCUT2D eigenvalue weighted by atomic mass is 16.5. The maximum absolute atomic E-state index is 11.8. The standard InChI is InChI=1S/C13H18N2O2/c14-8-10-4-1-2-5-11(10)9-15-13(16)12-6-3-7-17-12/h1-2,4-5,12H,3,6-9,14H2,(H,15,16)/t12-/m1/s1. The molecule has 1 aliphatic rings. The minimum absolute atomic E-state index is 0.0191. The SMILES string of the molecule is NCc1ccccc1CNC(=O)[C@H]1CCCO1. The molecule has 1 atom stereocenters. The van der Waals surface area contributed by atoms with Gasteiger partial charge >= 0.3 is 0 Å². The number of carbonyl (C=O) groups is 1. The summed E-state index contributed by atoms with van der Waals surface area (Å²) in [6.07, 6.45) is 1.53. The number of hydrogen-bond acceptors (Lipinski definition) is 3. The van der Waals surface area contributed by atoms with E-state index in [4.69, 9.17) is 10.5 Å².